The third-order valence-corrected chi connectivity index (χ3v) is 6.45. The van der Waals surface area contributed by atoms with Crippen molar-refractivity contribution in [2.75, 3.05) is 39.8 Å². The molecule has 0 spiro atoms. The molecule has 2 aliphatic heterocycles. The van der Waals surface area contributed by atoms with Crippen molar-refractivity contribution in [1.29, 1.82) is 0 Å². The minimum absolute atomic E-state index is 0.0248. The molecule has 7 nitrogen and oxygen atoms in total. The van der Waals surface area contributed by atoms with E-state index in [1.807, 2.05) is 18.0 Å². The van der Waals surface area contributed by atoms with Crippen LogP contribution in [0.25, 0.3) is 10.9 Å². The molecule has 2 saturated heterocycles. The zero-order valence-electron chi connectivity index (χ0n) is 17.5. The smallest absolute Gasteiger partial charge is 0.274 e. The number of piperidine rings is 1. The van der Waals surface area contributed by atoms with Gasteiger partial charge in [0.25, 0.3) is 11.5 Å². The number of hydrogen-bond donors (Lipinski definition) is 1. The second-order valence-electron chi connectivity index (χ2n) is 8.64. The van der Waals surface area contributed by atoms with E-state index in [2.05, 4.69) is 9.88 Å². The summed E-state index contributed by atoms with van der Waals surface area (Å²) in [6, 6.07) is 1.81. The molecule has 1 N–H and O–H groups in total. The van der Waals surface area contributed by atoms with Crippen molar-refractivity contribution in [3.05, 3.63) is 34.4 Å². The Morgan fingerprint density at radius 2 is 2.07 bits per heavy atom. The van der Waals surface area contributed by atoms with Gasteiger partial charge in [0.05, 0.1) is 11.7 Å². The molecule has 158 valence electrons. The Hall–Kier alpha value is -2.12. The molecule has 0 aromatic carbocycles. The van der Waals surface area contributed by atoms with E-state index >= 15 is 0 Å². The molecular formula is C22H32N4O3. The molecule has 0 aliphatic carbocycles. The average Bonchev–Trinajstić information content (AvgIpc) is 3.22. The number of likely N-dealkylation sites (tertiary alicyclic amines) is 1. The van der Waals surface area contributed by atoms with Gasteiger partial charge in [-0.25, -0.2) is 0 Å². The van der Waals surface area contributed by atoms with Crippen LogP contribution in [0.2, 0.25) is 0 Å². The van der Waals surface area contributed by atoms with Gasteiger partial charge in [-0.1, -0.05) is 0 Å². The van der Waals surface area contributed by atoms with Gasteiger partial charge in [0, 0.05) is 51.6 Å². The second kappa shape index (κ2) is 8.71. The van der Waals surface area contributed by atoms with E-state index in [-0.39, 0.29) is 11.5 Å². The standard InChI is InChI=1S/C22H32N4O3/c1-24(21(27)19-15-25(2)22(28)20-18(19)6-9-23-20)13-16-7-10-26(11-8-16)14-17-5-3-4-12-29-17/h6,9,15-17,23H,3-5,7-8,10-14H2,1-2H3. The van der Waals surface area contributed by atoms with Gasteiger partial charge in [-0.3, -0.25) is 9.59 Å². The molecule has 2 aromatic heterocycles. The highest BCUT2D eigenvalue weighted by molar-refractivity contribution is 6.05. The van der Waals surface area contributed by atoms with Gasteiger partial charge >= 0.3 is 0 Å². The second-order valence-corrected chi connectivity index (χ2v) is 8.64. The van der Waals surface area contributed by atoms with E-state index in [9.17, 15) is 9.59 Å². The Labute approximate surface area is 171 Å². The maximum absolute atomic E-state index is 13.1. The van der Waals surface area contributed by atoms with Gasteiger partial charge in [-0.2, -0.15) is 0 Å². The highest BCUT2D eigenvalue weighted by Crippen LogP contribution is 2.22. The van der Waals surface area contributed by atoms with Crippen molar-refractivity contribution in [3.63, 3.8) is 0 Å². The summed E-state index contributed by atoms with van der Waals surface area (Å²) in [6.07, 6.45) is 9.66. The Kier molecular flexibility index (Phi) is 6.06. The summed E-state index contributed by atoms with van der Waals surface area (Å²) in [5.74, 6) is 0.491. The van der Waals surface area contributed by atoms with Gasteiger partial charge in [-0.05, 0) is 57.2 Å². The molecule has 2 aromatic rings. The average molecular weight is 401 g/mol. The maximum Gasteiger partial charge on any atom is 0.274 e. The van der Waals surface area contributed by atoms with Crippen LogP contribution in [0.1, 0.15) is 42.5 Å². The molecule has 0 saturated carbocycles. The topological polar surface area (TPSA) is 70.6 Å². The fourth-order valence-electron chi connectivity index (χ4n) is 4.71. The summed E-state index contributed by atoms with van der Waals surface area (Å²) in [5.41, 5.74) is 0.959. The number of hydrogen-bond acceptors (Lipinski definition) is 4. The number of carbonyl (C=O) groups excluding carboxylic acids is 1. The fourth-order valence-corrected chi connectivity index (χ4v) is 4.71. The van der Waals surface area contributed by atoms with Crippen molar-refractivity contribution in [2.45, 2.75) is 38.2 Å². The number of H-pyrrole nitrogens is 1. The molecule has 1 amide bonds. The molecular weight excluding hydrogens is 368 g/mol. The van der Waals surface area contributed by atoms with E-state index in [0.717, 1.165) is 45.6 Å². The number of pyridine rings is 1. The number of nitrogens with zero attached hydrogens (tertiary/aromatic N) is 3. The molecule has 29 heavy (non-hydrogen) atoms. The van der Waals surface area contributed by atoms with Crippen LogP contribution in [-0.4, -0.2) is 71.2 Å². The van der Waals surface area contributed by atoms with E-state index in [1.165, 1.54) is 23.8 Å². The van der Waals surface area contributed by atoms with Crippen LogP contribution < -0.4 is 5.56 Å². The number of rotatable bonds is 5. The highest BCUT2D eigenvalue weighted by Gasteiger charge is 2.26. The van der Waals surface area contributed by atoms with E-state index in [1.54, 1.807) is 19.4 Å². The molecule has 4 heterocycles. The first-order valence-corrected chi connectivity index (χ1v) is 10.8. The summed E-state index contributed by atoms with van der Waals surface area (Å²) in [5, 5.41) is 0.701. The number of amides is 1. The Morgan fingerprint density at radius 1 is 1.28 bits per heavy atom. The zero-order valence-corrected chi connectivity index (χ0v) is 17.5. The quantitative estimate of drug-likeness (QED) is 0.836. The van der Waals surface area contributed by atoms with E-state index in [4.69, 9.17) is 4.74 Å². The van der Waals surface area contributed by atoms with Crippen LogP contribution in [0, 0.1) is 5.92 Å². The van der Waals surface area contributed by atoms with Crippen molar-refractivity contribution in [3.8, 4) is 0 Å². The van der Waals surface area contributed by atoms with Crippen LogP contribution in [0.4, 0.5) is 0 Å². The summed E-state index contributed by atoms with van der Waals surface area (Å²) in [6.45, 7) is 4.86. The largest absolute Gasteiger partial charge is 0.377 e. The molecule has 2 fully saturated rings. The molecule has 4 rings (SSSR count). The lowest BCUT2D eigenvalue weighted by Gasteiger charge is -2.36. The van der Waals surface area contributed by atoms with Crippen molar-refractivity contribution in [2.24, 2.45) is 13.0 Å². The lowest BCUT2D eigenvalue weighted by Crippen LogP contribution is -2.43. The highest BCUT2D eigenvalue weighted by atomic mass is 16.5. The third-order valence-electron chi connectivity index (χ3n) is 6.45. The molecule has 2 aliphatic rings. The Balaban J connectivity index is 1.34. The van der Waals surface area contributed by atoms with Crippen LogP contribution >= 0.6 is 0 Å². The molecule has 0 radical (unpaired) electrons. The SMILES string of the molecule is CN(CC1CCN(CC2CCCCO2)CC1)C(=O)c1cn(C)c(=O)c2[nH]ccc12. The summed E-state index contributed by atoms with van der Waals surface area (Å²) < 4.78 is 7.36. The lowest BCUT2D eigenvalue weighted by molar-refractivity contribution is -0.0118. The van der Waals surface area contributed by atoms with Crippen LogP contribution in [0.5, 0.6) is 0 Å². The number of carbonyl (C=O) groups is 1. The molecule has 1 unspecified atom stereocenters. The van der Waals surface area contributed by atoms with Crippen molar-refractivity contribution < 1.29 is 9.53 Å². The van der Waals surface area contributed by atoms with Gasteiger partial charge in [0.15, 0.2) is 0 Å². The normalized spacial score (nSPS) is 21.5. The van der Waals surface area contributed by atoms with Gasteiger partial charge in [0.1, 0.15) is 5.52 Å². The fraction of sp³-hybridized carbons (Fsp3) is 0.636. The number of aromatic amines is 1. The van der Waals surface area contributed by atoms with Gasteiger partial charge in [-0.15, -0.1) is 0 Å². The van der Waals surface area contributed by atoms with Gasteiger partial charge < -0.3 is 24.1 Å². The first-order chi connectivity index (χ1) is 14.0. The Morgan fingerprint density at radius 3 is 2.79 bits per heavy atom. The van der Waals surface area contributed by atoms with Crippen molar-refractivity contribution >= 4 is 16.8 Å². The number of ether oxygens (including phenoxy) is 1. The molecule has 1 atom stereocenters. The Bertz CT molecular complexity index is 904. The minimum atomic E-state index is -0.112. The number of aromatic nitrogens is 2. The first kappa shape index (κ1) is 20.2. The summed E-state index contributed by atoms with van der Waals surface area (Å²) in [4.78, 5) is 32.6. The van der Waals surface area contributed by atoms with Gasteiger partial charge in [0.2, 0.25) is 0 Å². The van der Waals surface area contributed by atoms with Crippen molar-refractivity contribution in [1.82, 2.24) is 19.4 Å². The lowest BCUT2D eigenvalue weighted by atomic mass is 9.95. The summed E-state index contributed by atoms with van der Waals surface area (Å²) >= 11 is 0. The maximum atomic E-state index is 13.1. The van der Waals surface area contributed by atoms with E-state index < -0.39 is 0 Å². The monoisotopic (exact) mass is 400 g/mol. The minimum Gasteiger partial charge on any atom is -0.377 e. The third kappa shape index (κ3) is 4.41. The van der Waals surface area contributed by atoms with Crippen LogP contribution in [0.3, 0.4) is 0 Å². The van der Waals surface area contributed by atoms with Crippen LogP contribution in [0.15, 0.2) is 23.3 Å². The predicted molar refractivity (Wildman–Crippen MR) is 113 cm³/mol. The van der Waals surface area contributed by atoms with E-state index in [0.29, 0.717) is 28.5 Å². The predicted octanol–water partition coefficient (Wildman–Crippen LogP) is 2.22. The number of aryl methyl sites for hydroxylation is 1. The van der Waals surface area contributed by atoms with Crippen LogP contribution in [-0.2, 0) is 11.8 Å². The zero-order chi connectivity index (χ0) is 20.4. The molecule has 7 heteroatoms. The first-order valence-electron chi connectivity index (χ1n) is 10.8. The number of fused-ring (bicyclic) bond motifs is 1. The summed E-state index contributed by atoms with van der Waals surface area (Å²) in [7, 11) is 3.55. The number of nitrogens with one attached hydrogen (secondary N) is 1. The molecule has 0 bridgehead atoms.